The summed E-state index contributed by atoms with van der Waals surface area (Å²) < 4.78 is 38.3. The molecule has 0 unspecified atom stereocenters. The topological polar surface area (TPSA) is 25.8 Å². The zero-order chi connectivity index (χ0) is 15.0. The molecular formula is C15H8ClF3N2. The fourth-order valence-electron chi connectivity index (χ4n) is 2.05. The molecule has 3 rings (SSSR count). The third-order valence-corrected chi connectivity index (χ3v) is 3.33. The van der Waals surface area contributed by atoms with Crippen molar-refractivity contribution in [1.82, 2.24) is 9.97 Å². The largest absolute Gasteiger partial charge is 0.416 e. The Bertz CT molecular complexity index is 815. The molecule has 2 aromatic heterocycles. The van der Waals surface area contributed by atoms with Gasteiger partial charge in [-0.05, 0) is 35.9 Å². The van der Waals surface area contributed by atoms with Gasteiger partial charge in [0.2, 0.25) is 0 Å². The SMILES string of the molecule is FC(F)(F)c1cccc(-c2cc3cccnc3nc2Cl)c1. The molecule has 0 aliphatic rings. The maximum atomic E-state index is 12.8. The fourth-order valence-corrected chi connectivity index (χ4v) is 2.29. The minimum Gasteiger partial charge on any atom is -0.237 e. The van der Waals surface area contributed by atoms with Crippen LogP contribution >= 0.6 is 11.6 Å². The van der Waals surface area contributed by atoms with Crippen LogP contribution in [0.2, 0.25) is 5.15 Å². The van der Waals surface area contributed by atoms with Gasteiger partial charge in [-0.15, -0.1) is 0 Å². The van der Waals surface area contributed by atoms with E-state index in [0.29, 0.717) is 22.2 Å². The second kappa shape index (κ2) is 5.00. The van der Waals surface area contributed by atoms with Crippen LogP contribution < -0.4 is 0 Å². The van der Waals surface area contributed by atoms with Crippen molar-refractivity contribution >= 4 is 22.6 Å². The Kier molecular flexibility index (Phi) is 3.29. The van der Waals surface area contributed by atoms with E-state index in [0.717, 1.165) is 12.1 Å². The maximum Gasteiger partial charge on any atom is 0.416 e. The first kappa shape index (κ1) is 13.8. The summed E-state index contributed by atoms with van der Waals surface area (Å²) in [6, 6.07) is 10.2. The van der Waals surface area contributed by atoms with Gasteiger partial charge in [0.1, 0.15) is 5.15 Å². The highest BCUT2D eigenvalue weighted by atomic mass is 35.5. The summed E-state index contributed by atoms with van der Waals surface area (Å²) in [4.78, 5) is 8.17. The number of alkyl halides is 3. The first-order valence-electron chi connectivity index (χ1n) is 6.04. The molecule has 0 radical (unpaired) electrons. The maximum absolute atomic E-state index is 12.8. The Morgan fingerprint density at radius 3 is 2.57 bits per heavy atom. The molecule has 0 atom stereocenters. The van der Waals surface area contributed by atoms with Crippen molar-refractivity contribution in [3.63, 3.8) is 0 Å². The van der Waals surface area contributed by atoms with E-state index in [9.17, 15) is 13.2 Å². The summed E-state index contributed by atoms with van der Waals surface area (Å²) in [5.41, 5.74) is 0.553. The molecule has 0 bridgehead atoms. The summed E-state index contributed by atoms with van der Waals surface area (Å²) in [5, 5.41) is 0.842. The van der Waals surface area contributed by atoms with Gasteiger partial charge < -0.3 is 0 Å². The molecule has 0 amide bonds. The highest BCUT2D eigenvalue weighted by molar-refractivity contribution is 6.32. The third kappa shape index (κ3) is 2.69. The molecule has 0 aliphatic heterocycles. The quantitative estimate of drug-likeness (QED) is 0.593. The Morgan fingerprint density at radius 1 is 1.00 bits per heavy atom. The zero-order valence-electron chi connectivity index (χ0n) is 10.5. The van der Waals surface area contributed by atoms with Crippen molar-refractivity contribution in [3.8, 4) is 11.1 Å². The molecule has 1 aromatic carbocycles. The van der Waals surface area contributed by atoms with Gasteiger partial charge in [0.15, 0.2) is 5.65 Å². The number of nitrogens with zero attached hydrogens (tertiary/aromatic N) is 2. The Balaban J connectivity index is 2.18. The number of benzene rings is 1. The van der Waals surface area contributed by atoms with E-state index < -0.39 is 11.7 Å². The molecule has 106 valence electrons. The lowest BCUT2D eigenvalue weighted by molar-refractivity contribution is -0.137. The summed E-state index contributed by atoms with van der Waals surface area (Å²) in [7, 11) is 0. The standard InChI is InChI=1S/C15H8ClF3N2/c16-13-12(8-10-4-2-6-20-14(10)21-13)9-3-1-5-11(7-9)15(17,18)19/h1-8H. The van der Waals surface area contributed by atoms with Crippen molar-refractivity contribution in [2.75, 3.05) is 0 Å². The predicted molar refractivity (Wildman–Crippen MR) is 75.0 cm³/mol. The lowest BCUT2D eigenvalue weighted by Gasteiger charge is -2.10. The van der Waals surface area contributed by atoms with Gasteiger partial charge in [-0.25, -0.2) is 9.97 Å². The molecule has 0 spiro atoms. The monoisotopic (exact) mass is 308 g/mol. The van der Waals surface area contributed by atoms with E-state index in [4.69, 9.17) is 11.6 Å². The van der Waals surface area contributed by atoms with Crippen molar-refractivity contribution in [2.24, 2.45) is 0 Å². The average Bonchev–Trinajstić information content (AvgIpc) is 2.46. The van der Waals surface area contributed by atoms with Gasteiger partial charge in [0.25, 0.3) is 0 Å². The van der Waals surface area contributed by atoms with Crippen LogP contribution in [0.15, 0.2) is 48.7 Å². The van der Waals surface area contributed by atoms with Crippen LogP contribution in [-0.4, -0.2) is 9.97 Å². The van der Waals surface area contributed by atoms with Crippen molar-refractivity contribution in [1.29, 1.82) is 0 Å². The zero-order valence-corrected chi connectivity index (χ0v) is 11.3. The van der Waals surface area contributed by atoms with E-state index in [1.807, 2.05) is 0 Å². The highest BCUT2D eigenvalue weighted by Crippen LogP contribution is 2.34. The molecule has 0 N–H and O–H groups in total. The number of fused-ring (bicyclic) bond motifs is 1. The number of aromatic nitrogens is 2. The minimum absolute atomic E-state index is 0.125. The summed E-state index contributed by atoms with van der Waals surface area (Å²) in [6.45, 7) is 0. The number of hydrogen-bond donors (Lipinski definition) is 0. The van der Waals surface area contributed by atoms with Gasteiger partial charge in [-0.3, -0.25) is 0 Å². The lowest BCUT2D eigenvalue weighted by Crippen LogP contribution is -2.04. The lowest BCUT2D eigenvalue weighted by atomic mass is 10.0. The van der Waals surface area contributed by atoms with Gasteiger partial charge >= 0.3 is 6.18 Å². The van der Waals surface area contributed by atoms with E-state index in [2.05, 4.69) is 9.97 Å². The average molecular weight is 309 g/mol. The number of rotatable bonds is 1. The molecule has 0 aliphatic carbocycles. The molecule has 21 heavy (non-hydrogen) atoms. The molecular weight excluding hydrogens is 301 g/mol. The van der Waals surface area contributed by atoms with Crippen molar-refractivity contribution < 1.29 is 13.2 Å². The Hall–Kier alpha value is -2.14. The summed E-state index contributed by atoms with van der Waals surface area (Å²) >= 11 is 6.07. The van der Waals surface area contributed by atoms with Crippen LogP contribution in [0.5, 0.6) is 0 Å². The van der Waals surface area contributed by atoms with Gasteiger partial charge in [-0.1, -0.05) is 23.7 Å². The van der Waals surface area contributed by atoms with Crippen LogP contribution in [0.1, 0.15) is 5.56 Å². The molecule has 2 heterocycles. The molecule has 2 nitrogen and oxygen atoms in total. The molecule has 0 saturated heterocycles. The molecule has 6 heteroatoms. The second-order valence-electron chi connectivity index (χ2n) is 4.46. The van der Waals surface area contributed by atoms with Crippen LogP contribution in [0.25, 0.3) is 22.2 Å². The van der Waals surface area contributed by atoms with E-state index >= 15 is 0 Å². The first-order chi connectivity index (χ1) is 9.95. The normalized spacial score (nSPS) is 11.8. The van der Waals surface area contributed by atoms with Gasteiger partial charge in [0.05, 0.1) is 5.56 Å². The van der Waals surface area contributed by atoms with Crippen LogP contribution in [0.3, 0.4) is 0 Å². The summed E-state index contributed by atoms with van der Waals surface area (Å²) in [5.74, 6) is 0. The molecule has 3 aromatic rings. The van der Waals surface area contributed by atoms with Gasteiger partial charge in [0, 0.05) is 17.1 Å². The number of halogens is 4. The van der Waals surface area contributed by atoms with Crippen molar-refractivity contribution in [2.45, 2.75) is 6.18 Å². The number of pyridine rings is 2. The molecule has 0 fully saturated rings. The van der Waals surface area contributed by atoms with E-state index in [1.165, 1.54) is 6.07 Å². The fraction of sp³-hybridized carbons (Fsp3) is 0.0667. The van der Waals surface area contributed by atoms with E-state index in [1.54, 1.807) is 30.5 Å². The highest BCUT2D eigenvalue weighted by Gasteiger charge is 2.30. The smallest absolute Gasteiger partial charge is 0.237 e. The minimum atomic E-state index is -4.39. The summed E-state index contributed by atoms with van der Waals surface area (Å²) in [6.07, 6.45) is -2.82. The Morgan fingerprint density at radius 2 is 1.81 bits per heavy atom. The van der Waals surface area contributed by atoms with Crippen LogP contribution in [-0.2, 0) is 6.18 Å². The Labute approximate surface area is 123 Å². The van der Waals surface area contributed by atoms with E-state index in [-0.39, 0.29) is 5.15 Å². The number of hydrogen-bond acceptors (Lipinski definition) is 2. The first-order valence-corrected chi connectivity index (χ1v) is 6.42. The predicted octanol–water partition coefficient (Wildman–Crippen LogP) is 4.97. The third-order valence-electron chi connectivity index (χ3n) is 3.04. The van der Waals surface area contributed by atoms with Crippen LogP contribution in [0, 0.1) is 0 Å². The molecule has 0 saturated carbocycles. The van der Waals surface area contributed by atoms with Crippen molar-refractivity contribution in [3.05, 3.63) is 59.4 Å². The van der Waals surface area contributed by atoms with Crippen LogP contribution in [0.4, 0.5) is 13.2 Å². The van der Waals surface area contributed by atoms with Gasteiger partial charge in [-0.2, -0.15) is 13.2 Å². The second-order valence-corrected chi connectivity index (χ2v) is 4.81.